The average Bonchev–Trinajstić information content (AvgIpc) is 2.75. The lowest BCUT2D eigenvalue weighted by molar-refractivity contribution is -0.151. The predicted molar refractivity (Wildman–Crippen MR) is 127 cm³/mol. The first-order chi connectivity index (χ1) is 16.2. The predicted octanol–water partition coefficient (Wildman–Crippen LogP) is 4.59. The molecular formula is C25H28ClN3O5. The van der Waals surface area contributed by atoms with Crippen molar-refractivity contribution in [3.63, 3.8) is 0 Å². The number of carboxylic acids is 1. The normalized spacial score (nSPS) is 29.1. The van der Waals surface area contributed by atoms with Crippen molar-refractivity contribution >= 4 is 34.9 Å². The number of carbonyl (C=O) groups excluding carboxylic acids is 1. The summed E-state index contributed by atoms with van der Waals surface area (Å²) in [4.78, 5) is 36.8. The Hall–Kier alpha value is -2.87. The summed E-state index contributed by atoms with van der Waals surface area (Å²) in [6, 6.07) is 6.70. The molecule has 2 unspecified atom stereocenters. The number of hydrogen-bond acceptors (Lipinski definition) is 6. The number of halogens is 1. The van der Waals surface area contributed by atoms with E-state index in [0.717, 1.165) is 32.1 Å². The SMILES string of the molecule is CCOC(=O)c1ccc(Nc2cnn(C34C[C@@H]5C[C@@H](CC(CC(=O)O)(C5)C3)C4)c(=O)c2Cl)cc1. The standard InChI is InChI=1S/C25H28ClN3O5/c1-2-34-23(33)17-3-5-18(6-4-17)28-19-13-27-29(22(32)21(19)26)25-10-15-7-16(11-25)9-24(8-15,14-25)12-20(30)31/h3-6,13,15-16,28H,2,7-12,14H2,1H3,(H,30,31)/t15-,16+,24?,25?. The second-order valence-corrected chi connectivity index (χ2v) is 10.6. The number of nitrogens with zero attached hydrogens (tertiary/aromatic N) is 2. The lowest BCUT2D eigenvalue weighted by atomic mass is 9.46. The molecule has 9 heteroatoms. The zero-order chi connectivity index (χ0) is 24.1. The van der Waals surface area contributed by atoms with Crippen molar-refractivity contribution in [1.82, 2.24) is 9.78 Å². The van der Waals surface area contributed by atoms with Crippen LogP contribution in [-0.2, 0) is 15.1 Å². The van der Waals surface area contributed by atoms with Gasteiger partial charge in [-0.15, -0.1) is 0 Å². The van der Waals surface area contributed by atoms with Crippen molar-refractivity contribution < 1.29 is 19.4 Å². The first-order valence-electron chi connectivity index (χ1n) is 11.8. The van der Waals surface area contributed by atoms with E-state index in [0.29, 0.717) is 41.8 Å². The number of rotatable bonds is 7. The van der Waals surface area contributed by atoms with Crippen LogP contribution in [0.3, 0.4) is 0 Å². The van der Waals surface area contributed by atoms with E-state index in [9.17, 15) is 19.5 Å². The van der Waals surface area contributed by atoms with Crippen molar-refractivity contribution in [2.45, 2.75) is 57.4 Å². The first-order valence-corrected chi connectivity index (χ1v) is 12.1. The fourth-order valence-corrected chi connectivity index (χ4v) is 7.27. The Morgan fingerprint density at radius 3 is 2.50 bits per heavy atom. The van der Waals surface area contributed by atoms with Gasteiger partial charge >= 0.3 is 11.9 Å². The van der Waals surface area contributed by atoms with Gasteiger partial charge in [-0.25, -0.2) is 9.48 Å². The molecule has 180 valence electrons. The zero-order valence-corrected chi connectivity index (χ0v) is 19.8. The highest BCUT2D eigenvalue weighted by Crippen LogP contribution is 2.65. The minimum absolute atomic E-state index is 0.0486. The van der Waals surface area contributed by atoms with E-state index in [-0.39, 0.29) is 22.4 Å². The molecule has 6 rings (SSSR count). The number of hydrogen-bond donors (Lipinski definition) is 2. The summed E-state index contributed by atoms with van der Waals surface area (Å²) in [6.07, 6.45) is 6.99. The van der Waals surface area contributed by atoms with Gasteiger partial charge < -0.3 is 15.2 Å². The molecule has 2 aromatic rings. The van der Waals surface area contributed by atoms with Gasteiger partial charge in [-0.2, -0.15) is 5.10 Å². The van der Waals surface area contributed by atoms with E-state index < -0.39 is 17.5 Å². The van der Waals surface area contributed by atoms with Crippen LogP contribution in [0.1, 0.15) is 62.2 Å². The highest BCUT2D eigenvalue weighted by atomic mass is 35.5. The van der Waals surface area contributed by atoms with Gasteiger partial charge in [0.1, 0.15) is 5.02 Å². The molecule has 0 spiro atoms. The Labute approximate surface area is 202 Å². The lowest BCUT2D eigenvalue weighted by Crippen LogP contribution is -2.59. The van der Waals surface area contributed by atoms with E-state index >= 15 is 0 Å². The summed E-state index contributed by atoms with van der Waals surface area (Å²) in [5.41, 5.74) is 0.383. The topological polar surface area (TPSA) is 111 Å². The van der Waals surface area contributed by atoms with Crippen LogP contribution in [0.25, 0.3) is 0 Å². The van der Waals surface area contributed by atoms with Crippen LogP contribution in [-0.4, -0.2) is 33.4 Å². The molecule has 4 saturated carbocycles. The number of benzene rings is 1. The van der Waals surface area contributed by atoms with Crippen molar-refractivity contribution in [3.8, 4) is 0 Å². The van der Waals surface area contributed by atoms with Crippen LogP contribution < -0.4 is 10.9 Å². The molecule has 34 heavy (non-hydrogen) atoms. The van der Waals surface area contributed by atoms with Crippen LogP contribution in [0.15, 0.2) is 35.3 Å². The van der Waals surface area contributed by atoms with Gasteiger partial charge in [0.25, 0.3) is 5.56 Å². The van der Waals surface area contributed by atoms with Crippen LogP contribution in [0.4, 0.5) is 11.4 Å². The Morgan fingerprint density at radius 1 is 1.21 bits per heavy atom. The van der Waals surface area contributed by atoms with Gasteiger partial charge in [0.2, 0.25) is 0 Å². The average molecular weight is 486 g/mol. The minimum Gasteiger partial charge on any atom is -0.481 e. The third kappa shape index (κ3) is 3.98. The van der Waals surface area contributed by atoms with E-state index in [2.05, 4.69) is 10.4 Å². The quantitative estimate of drug-likeness (QED) is 0.552. The van der Waals surface area contributed by atoms with Gasteiger partial charge in [0.15, 0.2) is 0 Å². The molecule has 0 aliphatic heterocycles. The summed E-state index contributed by atoms with van der Waals surface area (Å²) in [6.45, 7) is 2.05. The maximum atomic E-state index is 13.4. The maximum absolute atomic E-state index is 13.4. The molecule has 4 fully saturated rings. The van der Waals surface area contributed by atoms with Crippen molar-refractivity contribution in [2.75, 3.05) is 11.9 Å². The Bertz CT molecular complexity index is 1180. The van der Waals surface area contributed by atoms with Gasteiger partial charge in [-0.1, -0.05) is 11.6 Å². The summed E-state index contributed by atoms with van der Waals surface area (Å²) >= 11 is 6.53. The number of esters is 1. The molecule has 0 amide bonds. The summed E-state index contributed by atoms with van der Waals surface area (Å²) in [5, 5.41) is 17.2. The van der Waals surface area contributed by atoms with E-state index in [4.69, 9.17) is 16.3 Å². The van der Waals surface area contributed by atoms with E-state index in [1.807, 2.05) is 0 Å². The van der Waals surface area contributed by atoms with Crippen molar-refractivity contribution in [2.24, 2.45) is 17.3 Å². The number of carboxylic acid groups (broad SMARTS) is 1. The lowest BCUT2D eigenvalue weighted by Gasteiger charge is -2.61. The zero-order valence-electron chi connectivity index (χ0n) is 19.1. The van der Waals surface area contributed by atoms with Gasteiger partial charge in [-0.05, 0) is 87.0 Å². The number of ether oxygens (including phenoxy) is 1. The fourth-order valence-electron chi connectivity index (χ4n) is 7.09. The van der Waals surface area contributed by atoms with Crippen molar-refractivity contribution in [1.29, 1.82) is 0 Å². The van der Waals surface area contributed by atoms with E-state index in [1.165, 1.54) is 0 Å². The summed E-state index contributed by atoms with van der Waals surface area (Å²) < 4.78 is 6.54. The van der Waals surface area contributed by atoms with E-state index in [1.54, 1.807) is 42.1 Å². The Kier molecular flexibility index (Phi) is 5.67. The Morgan fingerprint density at radius 2 is 1.88 bits per heavy atom. The fraction of sp³-hybridized carbons (Fsp3) is 0.520. The first kappa shape index (κ1) is 22.9. The summed E-state index contributed by atoms with van der Waals surface area (Å²) in [7, 11) is 0. The second kappa shape index (κ2) is 8.41. The van der Waals surface area contributed by atoms with Crippen LogP contribution in [0.5, 0.6) is 0 Å². The maximum Gasteiger partial charge on any atom is 0.338 e. The second-order valence-electron chi connectivity index (χ2n) is 10.3. The largest absolute Gasteiger partial charge is 0.481 e. The molecule has 1 aromatic carbocycles. The Balaban J connectivity index is 1.41. The molecule has 1 aromatic heterocycles. The minimum atomic E-state index is -0.774. The molecular weight excluding hydrogens is 458 g/mol. The number of aromatic nitrogens is 2. The molecule has 2 N–H and O–H groups in total. The van der Waals surface area contributed by atoms with Crippen molar-refractivity contribution in [3.05, 3.63) is 51.4 Å². The van der Waals surface area contributed by atoms with Crippen LogP contribution >= 0.6 is 11.6 Å². The van der Waals surface area contributed by atoms with Crippen LogP contribution in [0.2, 0.25) is 5.02 Å². The third-order valence-electron chi connectivity index (χ3n) is 7.72. The molecule has 4 aliphatic carbocycles. The highest BCUT2D eigenvalue weighted by Gasteiger charge is 2.59. The summed E-state index contributed by atoms with van der Waals surface area (Å²) in [5.74, 6) is -0.330. The van der Waals surface area contributed by atoms with Gasteiger partial charge in [0.05, 0.1) is 36.0 Å². The number of nitrogens with one attached hydrogen (secondary N) is 1. The molecule has 4 aliphatic rings. The molecule has 0 saturated heterocycles. The smallest absolute Gasteiger partial charge is 0.338 e. The highest BCUT2D eigenvalue weighted by molar-refractivity contribution is 6.33. The molecule has 4 atom stereocenters. The molecule has 8 nitrogen and oxygen atoms in total. The number of carbonyl (C=O) groups is 2. The molecule has 1 heterocycles. The van der Waals surface area contributed by atoms with Gasteiger partial charge in [0, 0.05) is 5.69 Å². The van der Waals surface area contributed by atoms with Gasteiger partial charge in [-0.3, -0.25) is 9.59 Å². The number of aliphatic carboxylic acids is 1. The molecule has 4 bridgehead atoms. The number of anilines is 2. The molecule has 0 radical (unpaired) electrons. The monoisotopic (exact) mass is 485 g/mol. The third-order valence-corrected chi connectivity index (χ3v) is 8.09. The van der Waals surface area contributed by atoms with Crippen LogP contribution in [0, 0.1) is 17.3 Å².